The molecule has 1 aliphatic rings. The second-order valence-electron chi connectivity index (χ2n) is 5.46. The molecule has 0 saturated heterocycles. The lowest BCUT2D eigenvalue weighted by Crippen LogP contribution is -2.35. The van der Waals surface area contributed by atoms with Crippen LogP contribution >= 0.6 is 0 Å². The van der Waals surface area contributed by atoms with Crippen LogP contribution in [0.4, 0.5) is 5.69 Å². The number of benzene rings is 1. The van der Waals surface area contributed by atoms with Crippen LogP contribution in [0.5, 0.6) is 0 Å². The molecule has 7 heteroatoms. The van der Waals surface area contributed by atoms with E-state index >= 15 is 0 Å². The smallest absolute Gasteiger partial charge is 0.326 e. The van der Waals surface area contributed by atoms with Gasteiger partial charge in [0.2, 0.25) is 0 Å². The molecule has 5 N–H and O–H groups in total. The van der Waals surface area contributed by atoms with Crippen LogP contribution in [0.3, 0.4) is 0 Å². The van der Waals surface area contributed by atoms with E-state index in [-0.39, 0.29) is 17.4 Å². The molecule has 1 amide bonds. The second-order valence-corrected chi connectivity index (χ2v) is 5.46. The molecule has 1 aliphatic carbocycles. The fourth-order valence-corrected chi connectivity index (χ4v) is 2.78. The van der Waals surface area contributed by atoms with E-state index in [1.807, 2.05) is 24.0 Å². The Morgan fingerprint density at radius 2 is 2.09 bits per heavy atom. The summed E-state index contributed by atoms with van der Waals surface area (Å²) in [5.74, 6) is -0.556. The summed E-state index contributed by atoms with van der Waals surface area (Å²) < 4.78 is 0. The number of anilines is 1. The number of rotatable bonds is 2. The lowest BCUT2D eigenvalue weighted by Gasteiger charge is -2.15. The highest BCUT2D eigenvalue weighted by atomic mass is 16.2. The molecule has 0 aliphatic heterocycles. The topological polar surface area (TPSA) is 121 Å². The van der Waals surface area contributed by atoms with Gasteiger partial charge in [0.15, 0.2) is 0 Å². The Kier molecular flexibility index (Phi) is 3.32. The maximum atomic E-state index is 12.3. The molecule has 0 saturated carbocycles. The zero-order valence-electron chi connectivity index (χ0n) is 12.0. The molecule has 0 radical (unpaired) electrons. The minimum absolute atomic E-state index is 0.149. The van der Waals surface area contributed by atoms with E-state index in [1.165, 1.54) is 5.56 Å². The number of aromatic nitrogens is 2. The quantitative estimate of drug-likeness (QED) is 0.640. The van der Waals surface area contributed by atoms with Crippen LogP contribution < -0.4 is 22.3 Å². The number of carbonyl (C=O) groups excluding carboxylic acids is 1. The molecule has 0 bridgehead atoms. The minimum atomic E-state index is -0.767. The van der Waals surface area contributed by atoms with Gasteiger partial charge in [0, 0.05) is 0 Å². The number of aryl methyl sites for hydroxylation is 2. The van der Waals surface area contributed by atoms with E-state index in [9.17, 15) is 14.4 Å². The van der Waals surface area contributed by atoms with E-state index in [0.29, 0.717) is 0 Å². The number of nitrogen functional groups attached to an aromatic ring is 1. The molecular weight excluding hydrogens is 284 g/mol. The van der Waals surface area contributed by atoms with Gasteiger partial charge in [-0.05, 0) is 30.9 Å². The maximum Gasteiger partial charge on any atom is 0.326 e. The van der Waals surface area contributed by atoms with Crippen LogP contribution in [0.2, 0.25) is 0 Å². The highest BCUT2D eigenvalue weighted by molar-refractivity contribution is 5.97. The molecule has 0 spiro atoms. The summed E-state index contributed by atoms with van der Waals surface area (Å²) in [5, 5.41) is 2.83. The fraction of sp³-hybridized carbons (Fsp3) is 0.267. The zero-order chi connectivity index (χ0) is 15.9. The van der Waals surface area contributed by atoms with E-state index in [2.05, 4.69) is 16.4 Å². The van der Waals surface area contributed by atoms with Crippen LogP contribution in [0.15, 0.2) is 27.8 Å². The molecule has 7 nitrogen and oxygen atoms in total. The molecule has 22 heavy (non-hydrogen) atoms. The molecule has 0 fully saturated rings. The number of hydrogen-bond donors (Lipinski definition) is 4. The first-order valence-electron chi connectivity index (χ1n) is 6.98. The first-order valence-corrected chi connectivity index (χ1v) is 6.98. The standard InChI is InChI=1S/C15H16N4O3/c1-7-2-3-8-4-5-10(9(8)6-7)17-14(21)12-11(16)13(20)19-15(22)18-12/h2-3,6,10H,4-5,16H2,1H3,(H,17,21)(H2,18,19,20,22)/t10-/m1/s1. The lowest BCUT2D eigenvalue weighted by molar-refractivity contribution is 0.0932. The van der Waals surface area contributed by atoms with Crippen molar-refractivity contribution in [2.45, 2.75) is 25.8 Å². The third-order valence-corrected chi connectivity index (χ3v) is 3.89. The molecule has 1 aromatic carbocycles. The number of amides is 1. The summed E-state index contributed by atoms with van der Waals surface area (Å²) in [6.07, 6.45) is 1.65. The minimum Gasteiger partial charge on any atom is -0.392 e. The van der Waals surface area contributed by atoms with Gasteiger partial charge in [0.05, 0.1) is 6.04 Å². The predicted octanol–water partition coefficient (Wildman–Crippen LogP) is 0.371. The molecule has 1 atom stereocenters. The first kappa shape index (κ1) is 14.1. The number of carbonyl (C=O) groups is 1. The molecule has 0 unspecified atom stereocenters. The van der Waals surface area contributed by atoms with E-state index < -0.39 is 17.2 Å². The average Bonchev–Trinajstić information content (AvgIpc) is 2.85. The Labute approximate surface area is 125 Å². The highest BCUT2D eigenvalue weighted by Crippen LogP contribution is 2.31. The third-order valence-electron chi connectivity index (χ3n) is 3.89. The monoisotopic (exact) mass is 300 g/mol. The van der Waals surface area contributed by atoms with Crippen molar-refractivity contribution in [2.75, 3.05) is 5.73 Å². The Hall–Kier alpha value is -2.83. The number of nitrogens with two attached hydrogens (primary N) is 1. The summed E-state index contributed by atoms with van der Waals surface area (Å²) in [6, 6.07) is 5.98. The van der Waals surface area contributed by atoms with Gasteiger partial charge < -0.3 is 16.0 Å². The normalized spacial score (nSPS) is 16.3. The lowest BCUT2D eigenvalue weighted by atomic mass is 10.0. The van der Waals surface area contributed by atoms with Crippen molar-refractivity contribution in [3.8, 4) is 0 Å². The summed E-state index contributed by atoms with van der Waals surface area (Å²) >= 11 is 0. The van der Waals surface area contributed by atoms with Gasteiger partial charge in [-0.2, -0.15) is 0 Å². The SMILES string of the molecule is Cc1ccc2c(c1)[C@H](NC(=O)c1[nH]c(=O)[nH]c(=O)c1N)CC2. The average molecular weight is 300 g/mol. The Balaban J connectivity index is 1.90. The van der Waals surface area contributed by atoms with Gasteiger partial charge >= 0.3 is 5.69 Å². The van der Waals surface area contributed by atoms with Crippen LogP contribution in [-0.4, -0.2) is 15.9 Å². The van der Waals surface area contributed by atoms with Gasteiger partial charge in [-0.1, -0.05) is 23.8 Å². The fourth-order valence-electron chi connectivity index (χ4n) is 2.78. The summed E-state index contributed by atoms with van der Waals surface area (Å²) in [7, 11) is 0. The van der Waals surface area contributed by atoms with Gasteiger partial charge in [-0.15, -0.1) is 0 Å². The van der Waals surface area contributed by atoms with E-state index in [4.69, 9.17) is 5.73 Å². The van der Waals surface area contributed by atoms with Crippen LogP contribution in [-0.2, 0) is 6.42 Å². The van der Waals surface area contributed by atoms with Crippen LogP contribution in [0.1, 0.15) is 39.6 Å². The van der Waals surface area contributed by atoms with Gasteiger partial charge in [0.25, 0.3) is 11.5 Å². The number of fused-ring (bicyclic) bond motifs is 1. The van der Waals surface area contributed by atoms with Gasteiger partial charge in [-0.25, -0.2) is 4.79 Å². The van der Waals surface area contributed by atoms with Gasteiger partial charge in [0.1, 0.15) is 11.4 Å². The van der Waals surface area contributed by atoms with Crippen molar-refractivity contribution in [1.82, 2.24) is 15.3 Å². The predicted molar refractivity (Wildman–Crippen MR) is 81.8 cm³/mol. The molecule has 114 valence electrons. The third kappa shape index (κ3) is 2.41. The Morgan fingerprint density at radius 1 is 1.32 bits per heavy atom. The van der Waals surface area contributed by atoms with Crippen molar-refractivity contribution in [3.05, 3.63) is 61.4 Å². The van der Waals surface area contributed by atoms with Crippen LogP contribution in [0.25, 0.3) is 0 Å². The highest BCUT2D eigenvalue weighted by Gasteiger charge is 2.25. The number of H-pyrrole nitrogens is 2. The van der Waals surface area contributed by atoms with Crippen molar-refractivity contribution >= 4 is 11.6 Å². The van der Waals surface area contributed by atoms with E-state index in [1.54, 1.807) is 0 Å². The number of nitrogens with one attached hydrogen (secondary N) is 3. The largest absolute Gasteiger partial charge is 0.392 e. The molecule has 2 aromatic rings. The number of aromatic amines is 2. The first-order chi connectivity index (χ1) is 10.5. The van der Waals surface area contributed by atoms with Crippen molar-refractivity contribution in [3.63, 3.8) is 0 Å². The Bertz CT molecular complexity index is 866. The second kappa shape index (κ2) is 5.18. The van der Waals surface area contributed by atoms with Crippen LogP contribution in [0, 0.1) is 6.92 Å². The van der Waals surface area contributed by atoms with Crippen molar-refractivity contribution < 1.29 is 4.79 Å². The molecule has 1 aromatic heterocycles. The molecule has 3 rings (SSSR count). The van der Waals surface area contributed by atoms with E-state index in [0.717, 1.165) is 24.0 Å². The zero-order valence-corrected chi connectivity index (χ0v) is 12.0. The van der Waals surface area contributed by atoms with Gasteiger partial charge in [-0.3, -0.25) is 14.6 Å². The maximum absolute atomic E-state index is 12.3. The molecular formula is C15H16N4O3. The summed E-state index contributed by atoms with van der Waals surface area (Å²) in [4.78, 5) is 39.3. The summed E-state index contributed by atoms with van der Waals surface area (Å²) in [5.41, 5.74) is 6.94. The number of hydrogen-bond acceptors (Lipinski definition) is 4. The molecule has 1 heterocycles. The Morgan fingerprint density at radius 3 is 2.86 bits per heavy atom. The van der Waals surface area contributed by atoms with Crippen molar-refractivity contribution in [2.24, 2.45) is 0 Å². The van der Waals surface area contributed by atoms with Crippen molar-refractivity contribution in [1.29, 1.82) is 0 Å². The summed E-state index contributed by atoms with van der Waals surface area (Å²) in [6.45, 7) is 1.99.